The Bertz CT molecular complexity index is 895. The van der Waals surface area contributed by atoms with Crippen LogP contribution in [-0.2, 0) is 0 Å². The highest BCUT2D eigenvalue weighted by Gasteiger charge is 2.08. The standard InChI is InChI=1S/C18H15BrN4OS/c1-11-7-12(2)22-18(21-11)25-16-5-3-15(4-6-16)23-17(24)13-8-14(19)10-20-9-13/h3-10H,1-2H3,(H,23,24). The first-order valence-electron chi connectivity index (χ1n) is 7.52. The van der Waals surface area contributed by atoms with Gasteiger partial charge >= 0.3 is 0 Å². The van der Waals surface area contributed by atoms with Gasteiger partial charge < -0.3 is 5.32 Å². The minimum absolute atomic E-state index is 0.202. The third-order valence-electron chi connectivity index (χ3n) is 3.25. The van der Waals surface area contributed by atoms with Crippen molar-refractivity contribution < 1.29 is 4.79 Å². The molecule has 0 aliphatic rings. The lowest BCUT2D eigenvalue weighted by molar-refractivity contribution is 0.102. The highest BCUT2D eigenvalue weighted by molar-refractivity contribution is 9.10. The number of pyridine rings is 1. The molecule has 5 nitrogen and oxygen atoms in total. The molecule has 2 heterocycles. The van der Waals surface area contributed by atoms with E-state index in [1.807, 2.05) is 44.2 Å². The zero-order chi connectivity index (χ0) is 17.8. The number of anilines is 1. The third kappa shape index (κ3) is 4.87. The SMILES string of the molecule is Cc1cc(C)nc(Sc2ccc(NC(=O)c3cncc(Br)c3)cc2)n1. The molecule has 0 spiro atoms. The second-order valence-electron chi connectivity index (χ2n) is 5.41. The zero-order valence-corrected chi connectivity index (χ0v) is 16.1. The smallest absolute Gasteiger partial charge is 0.257 e. The van der Waals surface area contributed by atoms with Crippen molar-refractivity contribution in [1.29, 1.82) is 0 Å². The second-order valence-corrected chi connectivity index (χ2v) is 7.36. The average molecular weight is 415 g/mol. The third-order valence-corrected chi connectivity index (χ3v) is 4.56. The van der Waals surface area contributed by atoms with Crippen LogP contribution in [0, 0.1) is 13.8 Å². The van der Waals surface area contributed by atoms with Crippen LogP contribution < -0.4 is 5.32 Å². The number of aromatic nitrogens is 3. The fourth-order valence-electron chi connectivity index (χ4n) is 2.19. The Morgan fingerprint density at radius 1 is 1.04 bits per heavy atom. The molecule has 0 aliphatic carbocycles. The van der Waals surface area contributed by atoms with Gasteiger partial charge in [-0.2, -0.15) is 0 Å². The van der Waals surface area contributed by atoms with Gasteiger partial charge in [-0.3, -0.25) is 9.78 Å². The minimum atomic E-state index is -0.202. The van der Waals surface area contributed by atoms with Crippen LogP contribution in [0.4, 0.5) is 5.69 Å². The summed E-state index contributed by atoms with van der Waals surface area (Å²) in [4.78, 5) is 26.1. The number of aryl methyl sites for hydroxylation is 2. The van der Waals surface area contributed by atoms with Crippen molar-refractivity contribution >= 4 is 39.3 Å². The first-order valence-corrected chi connectivity index (χ1v) is 9.13. The van der Waals surface area contributed by atoms with Crippen molar-refractivity contribution in [3.8, 4) is 0 Å². The van der Waals surface area contributed by atoms with Crippen LogP contribution in [0.15, 0.2) is 63.3 Å². The Morgan fingerprint density at radius 3 is 2.36 bits per heavy atom. The van der Waals surface area contributed by atoms with Gasteiger partial charge in [-0.05, 0) is 77.9 Å². The highest BCUT2D eigenvalue weighted by Crippen LogP contribution is 2.26. The molecule has 0 bridgehead atoms. The molecule has 1 N–H and O–H groups in total. The molecule has 0 unspecified atom stereocenters. The van der Waals surface area contributed by atoms with Gasteiger partial charge in [-0.1, -0.05) is 0 Å². The molecule has 3 rings (SSSR count). The van der Waals surface area contributed by atoms with Gasteiger partial charge in [-0.25, -0.2) is 9.97 Å². The van der Waals surface area contributed by atoms with Crippen molar-refractivity contribution in [3.05, 3.63) is 70.2 Å². The lowest BCUT2D eigenvalue weighted by atomic mass is 10.2. The zero-order valence-electron chi connectivity index (χ0n) is 13.7. The Hall–Kier alpha value is -2.25. The molecule has 25 heavy (non-hydrogen) atoms. The number of carbonyl (C=O) groups is 1. The lowest BCUT2D eigenvalue weighted by Gasteiger charge is -2.07. The topological polar surface area (TPSA) is 67.8 Å². The Labute approximate surface area is 158 Å². The highest BCUT2D eigenvalue weighted by atomic mass is 79.9. The monoisotopic (exact) mass is 414 g/mol. The molecule has 0 saturated heterocycles. The van der Waals surface area contributed by atoms with E-state index in [0.29, 0.717) is 5.56 Å². The first-order chi connectivity index (χ1) is 12.0. The summed E-state index contributed by atoms with van der Waals surface area (Å²) < 4.78 is 0.764. The number of amides is 1. The molecule has 1 aromatic carbocycles. The van der Waals surface area contributed by atoms with Crippen molar-refractivity contribution in [2.24, 2.45) is 0 Å². The molecular formula is C18H15BrN4OS. The van der Waals surface area contributed by atoms with E-state index in [4.69, 9.17) is 0 Å². The van der Waals surface area contributed by atoms with Crippen LogP contribution in [0.2, 0.25) is 0 Å². The van der Waals surface area contributed by atoms with Crippen molar-refractivity contribution in [3.63, 3.8) is 0 Å². The van der Waals surface area contributed by atoms with Gasteiger partial charge in [0.05, 0.1) is 5.56 Å². The molecule has 7 heteroatoms. The van der Waals surface area contributed by atoms with Gasteiger partial charge in [0.15, 0.2) is 5.16 Å². The van der Waals surface area contributed by atoms with Crippen LogP contribution in [0.5, 0.6) is 0 Å². The molecule has 126 valence electrons. The summed E-state index contributed by atoms with van der Waals surface area (Å²) in [7, 11) is 0. The quantitative estimate of drug-likeness (QED) is 0.628. The Kier molecular flexibility index (Phi) is 5.45. The molecule has 2 aromatic heterocycles. The lowest BCUT2D eigenvalue weighted by Crippen LogP contribution is -2.12. The maximum atomic E-state index is 12.2. The van der Waals surface area contributed by atoms with Gasteiger partial charge in [0.2, 0.25) is 0 Å². The first kappa shape index (κ1) is 17.6. The van der Waals surface area contributed by atoms with Crippen LogP contribution in [0.1, 0.15) is 21.7 Å². The second kappa shape index (κ2) is 7.76. The van der Waals surface area contributed by atoms with E-state index in [1.54, 1.807) is 12.3 Å². The number of rotatable bonds is 4. The molecule has 3 aromatic rings. The summed E-state index contributed by atoms with van der Waals surface area (Å²) in [6, 6.07) is 11.2. The van der Waals surface area contributed by atoms with E-state index >= 15 is 0 Å². The predicted octanol–water partition coefficient (Wildman–Crippen LogP) is 4.65. The van der Waals surface area contributed by atoms with E-state index < -0.39 is 0 Å². The molecular weight excluding hydrogens is 400 g/mol. The Balaban J connectivity index is 1.68. The van der Waals surface area contributed by atoms with Crippen LogP contribution in [0.3, 0.4) is 0 Å². The summed E-state index contributed by atoms with van der Waals surface area (Å²) in [6.07, 6.45) is 3.17. The number of nitrogens with zero attached hydrogens (tertiary/aromatic N) is 3. The van der Waals surface area contributed by atoms with Gasteiger partial charge in [0.25, 0.3) is 5.91 Å². The van der Waals surface area contributed by atoms with Gasteiger partial charge in [0.1, 0.15) is 0 Å². The summed E-state index contributed by atoms with van der Waals surface area (Å²) in [6.45, 7) is 3.91. The van der Waals surface area contributed by atoms with E-state index in [2.05, 4.69) is 36.2 Å². The van der Waals surface area contributed by atoms with Crippen LogP contribution >= 0.6 is 27.7 Å². The number of carbonyl (C=O) groups excluding carboxylic acids is 1. The maximum Gasteiger partial charge on any atom is 0.257 e. The predicted molar refractivity (Wildman–Crippen MR) is 102 cm³/mol. The average Bonchev–Trinajstić information content (AvgIpc) is 2.56. The largest absolute Gasteiger partial charge is 0.322 e. The fraction of sp³-hybridized carbons (Fsp3) is 0.111. The van der Waals surface area contributed by atoms with E-state index in [1.165, 1.54) is 18.0 Å². The summed E-state index contributed by atoms with van der Waals surface area (Å²) in [5, 5.41) is 3.57. The molecule has 0 atom stereocenters. The van der Waals surface area contributed by atoms with Crippen molar-refractivity contribution in [1.82, 2.24) is 15.0 Å². The molecule has 0 radical (unpaired) electrons. The number of halogens is 1. The van der Waals surface area contributed by atoms with Gasteiger partial charge in [-0.15, -0.1) is 0 Å². The van der Waals surface area contributed by atoms with Crippen molar-refractivity contribution in [2.45, 2.75) is 23.9 Å². The van der Waals surface area contributed by atoms with Crippen molar-refractivity contribution in [2.75, 3.05) is 5.32 Å². The van der Waals surface area contributed by atoms with E-state index in [9.17, 15) is 4.79 Å². The molecule has 0 aliphatic heterocycles. The van der Waals surface area contributed by atoms with E-state index in [0.717, 1.165) is 31.6 Å². The fourth-order valence-corrected chi connectivity index (χ4v) is 3.42. The molecule has 0 saturated carbocycles. The maximum absolute atomic E-state index is 12.2. The Morgan fingerprint density at radius 2 is 1.72 bits per heavy atom. The minimum Gasteiger partial charge on any atom is -0.322 e. The normalized spacial score (nSPS) is 10.5. The summed E-state index contributed by atoms with van der Waals surface area (Å²) in [5.74, 6) is -0.202. The molecule has 1 amide bonds. The number of hydrogen-bond acceptors (Lipinski definition) is 5. The number of benzene rings is 1. The number of hydrogen-bond donors (Lipinski definition) is 1. The summed E-state index contributed by atoms with van der Waals surface area (Å²) in [5.41, 5.74) is 3.11. The number of nitrogens with one attached hydrogen (secondary N) is 1. The van der Waals surface area contributed by atoms with Crippen LogP contribution in [0.25, 0.3) is 0 Å². The van der Waals surface area contributed by atoms with Crippen LogP contribution in [-0.4, -0.2) is 20.9 Å². The molecule has 0 fully saturated rings. The van der Waals surface area contributed by atoms with Gasteiger partial charge in [0, 0.05) is 38.8 Å². The summed E-state index contributed by atoms with van der Waals surface area (Å²) >= 11 is 4.80. The van der Waals surface area contributed by atoms with E-state index in [-0.39, 0.29) is 5.91 Å².